The van der Waals surface area contributed by atoms with Crippen molar-refractivity contribution in [2.45, 2.75) is 17.9 Å². The van der Waals surface area contributed by atoms with Crippen LogP contribution in [0, 0.1) is 0 Å². The van der Waals surface area contributed by atoms with Crippen LogP contribution >= 0.6 is 23.4 Å². The zero-order valence-corrected chi connectivity index (χ0v) is 10.5. The average Bonchev–Trinajstić information content (AvgIpc) is 2.29. The lowest BCUT2D eigenvalue weighted by molar-refractivity contribution is -0.117. The van der Waals surface area contributed by atoms with Gasteiger partial charge >= 0.3 is 0 Å². The Morgan fingerprint density at radius 1 is 1.69 bits per heavy atom. The van der Waals surface area contributed by atoms with Crippen LogP contribution in [0.25, 0.3) is 0 Å². The lowest BCUT2D eigenvalue weighted by Gasteiger charge is -2.35. The molecule has 2 rings (SSSR count). The standard InChI is InChI=1S/C11H13ClN2OS/c1-7-6-16-9-4-2-3-8(12)11(9)14(7)10(15)5-13/h2-4,7H,5-6,13H2,1H3. The van der Waals surface area contributed by atoms with Crippen LogP contribution in [0.2, 0.25) is 5.02 Å². The second-order valence-corrected chi connectivity index (χ2v) is 5.18. The summed E-state index contributed by atoms with van der Waals surface area (Å²) in [5.74, 6) is 0.793. The molecule has 5 heteroatoms. The molecule has 0 saturated carbocycles. The van der Waals surface area contributed by atoms with Gasteiger partial charge in [0.25, 0.3) is 0 Å². The van der Waals surface area contributed by atoms with Gasteiger partial charge < -0.3 is 10.6 Å². The summed E-state index contributed by atoms with van der Waals surface area (Å²) in [6.07, 6.45) is 0. The smallest absolute Gasteiger partial charge is 0.241 e. The Bertz CT molecular complexity index is 424. The van der Waals surface area contributed by atoms with E-state index in [4.69, 9.17) is 17.3 Å². The van der Waals surface area contributed by atoms with E-state index in [9.17, 15) is 4.79 Å². The van der Waals surface area contributed by atoms with Crippen LogP contribution in [0.3, 0.4) is 0 Å². The monoisotopic (exact) mass is 256 g/mol. The number of amides is 1. The highest BCUT2D eigenvalue weighted by Crippen LogP contribution is 2.41. The number of carbonyl (C=O) groups excluding carboxylic acids is 1. The molecule has 3 nitrogen and oxygen atoms in total. The summed E-state index contributed by atoms with van der Waals surface area (Å²) in [5, 5.41) is 0.610. The molecular formula is C11H13ClN2OS. The highest BCUT2D eigenvalue weighted by atomic mass is 35.5. The number of thioether (sulfide) groups is 1. The molecule has 0 radical (unpaired) electrons. The Kier molecular flexibility index (Phi) is 3.42. The SMILES string of the molecule is CC1CSc2cccc(Cl)c2N1C(=O)CN. The fourth-order valence-corrected chi connectivity index (χ4v) is 3.23. The zero-order valence-electron chi connectivity index (χ0n) is 8.94. The fraction of sp³-hybridized carbons (Fsp3) is 0.364. The molecule has 86 valence electrons. The summed E-state index contributed by atoms with van der Waals surface area (Å²) < 4.78 is 0. The van der Waals surface area contributed by atoms with Crippen molar-refractivity contribution < 1.29 is 4.79 Å². The highest BCUT2D eigenvalue weighted by molar-refractivity contribution is 7.99. The molecule has 1 aliphatic heterocycles. The lowest BCUT2D eigenvalue weighted by Crippen LogP contribution is -2.45. The first-order valence-corrected chi connectivity index (χ1v) is 6.45. The number of rotatable bonds is 1. The van der Waals surface area contributed by atoms with Crippen molar-refractivity contribution in [3.05, 3.63) is 23.2 Å². The van der Waals surface area contributed by atoms with Crippen LogP contribution in [0.5, 0.6) is 0 Å². The van der Waals surface area contributed by atoms with Gasteiger partial charge in [0.05, 0.1) is 17.3 Å². The Morgan fingerprint density at radius 3 is 3.12 bits per heavy atom. The molecule has 0 bridgehead atoms. The number of anilines is 1. The summed E-state index contributed by atoms with van der Waals surface area (Å²) in [7, 11) is 0. The van der Waals surface area contributed by atoms with Gasteiger partial charge in [0.15, 0.2) is 0 Å². The Morgan fingerprint density at radius 2 is 2.44 bits per heavy atom. The third-order valence-electron chi connectivity index (χ3n) is 2.55. The number of halogens is 1. The summed E-state index contributed by atoms with van der Waals surface area (Å²) in [4.78, 5) is 14.6. The topological polar surface area (TPSA) is 46.3 Å². The van der Waals surface area contributed by atoms with Crippen molar-refractivity contribution in [2.24, 2.45) is 5.73 Å². The van der Waals surface area contributed by atoms with Crippen molar-refractivity contribution in [2.75, 3.05) is 17.2 Å². The zero-order chi connectivity index (χ0) is 11.7. The van der Waals surface area contributed by atoms with E-state index in [-0.39, 0.29) is 18.5 Å². The molecule has 2 N–H and O–H groups in total. The summed E-state index contributed by atoms with van der Waals surface area (Å²) >= 11 is 7.88. The minimum atomic E-state index is -0.0813. The summed E-state index contributed by atoms with van der Waals surface area (Å²) in [5.41, 5.74) is 6.24. The van der Waals surface area contributed by atoms with Crippen molar-refractivity contribution in [3.8, 4) is 0 Å². The van der Waals surface area contributed by atoms with E-state index in [1.54, 1.807) is 22.7 Å². The molecule has 1 aromatic carbocycles. The van der Waals surface area contributed by atoms with Gasteiger partial charge in [-0.1, -0.05) is 17.7 Å². The second kappa shape index (κ2) is 4.65. The van der Waals surface area contributed by atoms with Crippen LogP contribution in [-0.4, -0.2) is 24.2 Å². The minimum Gasteiger partial charge on any atom is -0.322 e. The van der Waals surface area contributed by atoms with Gasteiger partial charge in [0, 0.05) is 16.7 Å². The van der Waals surface area contributed by atoms with Gasteiger partial charge in [-0.25, -0.2) is 0 Å². The van der Waals surface area contributed by atoms with Crippen LogP contribution in [0.15, 0.2) is 23.1 Å². The predicted molar refractivity (Wildman–Crippen MR) is 68.2 cm³/mol. The molecule has 0 fully saturated rings. The van der Waals surface area contributed by atoms with Gasteiger partial charge in [-0.2, -0.15) is 0 Å². The van der Waals surface area contributed by atoms with Crippen LogP contribution in [-0.2, 0) is 4.79 Å². The Balaban J connectivity index is 2.51. The Labute approximate surface area is 104 Å². The quantitative estimate of drug-likeness (QED) is 0.837. The largest absolute Gasteiger partial charge is 0.322 e. The number of benzene rings is 1. The van der Waals surface area contributed by atoms with Crippen molar-refractivity contribution in [1.82, 2.24) is 0 Å². The maximum Gasteiger partial charge on any atom is 0.241 e. The molecule has 16 heavy (non-hydrogen) atoms. The number of fused-ring (bicyclic) bond motifs is 1. The maximum absolute atomic E-state index is 11.8. The van der Waals surface area contributed by atoms with Gasteiger partial charge in [-0.3, -0.25) is 4.79 Å². The van der Waals surface area contributed by atoms with E-state index in [2.05, 4.69) is 0 Å². The van der Waals surface area contributed by atoms with Gasteiger partial charge in [-0.05, 0) is 19.1 Å². The molecule has 1 aliphatic rings. The van der Waals surface area contributed by atoms with Crippen molar-refractivity contribution in [3.63, 3.8) is 0 Å². The molecule has 1 atom stereocenters. The Hall–Kier alpha value is -0.710. The molecule has 1 unspecified atom stereocenters. The molecule has 0 aliphatic carbocycles. The van der Waals surface area contributed by atoms with Gasteiger partial charge in [-0.15, -0.1) is 11.8 Å². The molecule has 1 aromatic rings. The molecule has 1 amide bonds. The number of nitrogens with two attached hydrogens (primary N) is 1. The average molecular weight is 257 g/mol. The van der Waals surface area contributed by atoms with Crippen molar-refractivity contribution >= 4 is 35.0 Å². The number of nitrogens with zero attached hydrogens (tertiary/aromatic N) is 1. The molecule has 0 aromatic heterocycles. The van der Waals surface area contributed by atoms with E-state index in [1.807, 2.05) is 19.1 Å². The number of hydrogen-bond donors (Lipinski definition) is 1. The molecular weight excluding hydrogens is 244 g/mol. The van der Waals surface area contributed by atoms with Crippen molar-refractivity contribution in [1.29, 1.82) is 0 Å². The van der Waals surface area contributed by atoms with E-state index in [1.165, 1.54) is 0 Å². The van der Waals surface area contributed by atoms with E-state index in [0.29, 0.717) is 5.02 Å². The van der Waals surface area contributed by atoms with Gasteiger partial charge in [0.2, 0.25) is 5.91 Å². The normalized spacial score (nSPS) is 19.4. The third kappa shape index (κ3) is 1.93. The first kappa shape index (κ1) is 11.8. The second-order valence-electron chi connectivity index (χ2n) is 3.71. The maximum atomic E-state index is 11.8. The van der Waals surface area contributed by atoms with E-state index < -0.39 is 0 Å². The molecule has 0 saturated heterocycles. The van der Waals surface area contributed by atoms with E-state index in [0.717, 1.165) is 16.3 Å². The number of hydrogen-bond acceptors (Lipinski definition) is 3. The first-order chi connectivity index (χ1) is 7.65. The fourth-order valence-electron chi connectivity index (χ4n) is 1.82. The highest BCUT2D eigenvalue weighted by Gasteiger charge is 2.29. The summed E-state index contributed by atoms with van der Waals surface area (Å²) in [6.45, 7) is 2.02. The summed E-state index contributed by atoms with van der Waals surface area (Å²) in [6, 6.07) is 5.81. The first-order valence-electron chi connectivity index (χ1n) is 5.08. The van der Waals surface area contributed by atoms with Gasteiger partial charge in [0.1, 0.15) is 0 Å². The van der Waals surface area contributed by atoms with Crippen LogP contribution in [0.1, 0.15) is 6.92 Å². The lowest BCUT2D eigenvalue weighted by atomic mass is 10.2. The third-order valence-corrected chi connectivity index (χ3v) is 4.15. The predicted octanol–water partition coefficient (Wildman–Crippen LogP) is 2.13. The number of para-hydroxylation sites is 1. The van der Waals surface area contributed by atoms with E-state index >= 15 is 0 Å². The minimum absolute atomic E-state index is 0.0136. The molecule has 0 spiro atoms. The van der Waals surface area contributed by atoms with Crippen LogP contribution < -0.4 is 10.6 Å². The van der Waals surface area contributed by atoms with Crippen LogP contribution in [0.4, 0.5) is 5.69 Å². The molecule has 1 heterocycles. The number of carbonyl (C=O) groups is 1.